The molecule has 2 atom stereocenters. The molecule has 0 saturated carbocycles. The van der Waals surface area contributed by atoms with E-state index in [0.29, 0.717) is 12.3 Å². The summed E-state index contributed by atoms with van der Waals surface area (Å²) in [7, 11) is 0. The second-order valence-electron chi connectivity index (χ2n) is 3.81. The zero-order chi connectivity index (χ0) is 9.30. The number of piperidine rings is 1. The Bertz CT molecular complexity index is 211. The molecule has 1 fully saturated rings. The van der Waals surface area contributed by atoms with Crippen molar-refractivity contribution >= 4 is 11.8 Å². The van der Waals surface area contributed by atoms with Gasteiger partial charge in [0.25, 0.3) is 0 Å². The van der Waals surface area contributed by atoms with E-state index in [0.717, 1.165) is 0 Å². The number of rotatable bonds is 1. The first-order valence-corrected chi connectivity index (χ1v) is 4.36. The van der Waals surface area contributed by atoms with Crippen molar-refractivity contribution in [2.24, 2.45) is 17.8 Å². The number of nitrogens with one attached hydrogen (secondary N) is 1. The molecule has 1 heterocycles. The molecule has 0 bridgehead atoms. The molecule has 1 rings (SSSR count). The van der Waals surface area contributed by atoms with Gasteiger partial charge in [-0.1, -0.05) is 20.8 Å². The first kappa shape index (κ1) is 9.23. The van der Waals surface area contributed by atoms with Crippen LogP contribution in [0.5, 0.6) is 0 Å². The molecule has 1 aliphatic rings. The van der Waals surface area contributed by atoms with E-state index in [1.807, 2.05) is 20.8 Å². The summed E-state index contributed by atoms with van der Waals surface area (Å²) in [5, 5.41) is 2.34. The van der Waals surface area contributed by atoms with Crippen molar-refractivity contribution in [1.29, 1.82) is 0 Å². The molecule has 3 nitrogen and oxygen atoms in total. The van der Waals surface area contributed by atoms with Crippen LogP contribution in [0.4, 0.5) is 0 Å². The van der Waals surface area contributed by atoms with Crippen LogP contribution >= 0.6 is 0 Å². The molecule has 1 N–H and O–H groups in total. The molecule has 0 aliphatic carbocycles. The number of amides is 2. The van der Waals surface area contributed by atoms with Crippen LogP contribution in [0.25, 0.3) is 0 Å². The highest BCUT2D eigenvalue weighted by Crippen LogP contribution is 2.27. The number of imide groups is 1. The summed E-state index contributed by atoms with van der Waals surface area (Å²) in [6, 6.07) is 0. The second-order valence-corrected chi connectivity index (χ2v) is 3.81. The Morgan fingerprint density at radius 3 is 2.50 bits per heavy atom. The Morgan fingerprint density at radius 1 is 1.42 bits per heavy atom. The summed E-state index contributed by atoms with van der Waals surface area (Å²) in [6.45, 7) is 5.98. The third kappa shape index (κ3) is 1.65. The van der Waals surface area contributed by atoms with Gasteiger partial charge in [-0.3, -0.25) is 14.9 Å². The highest BCUT2D eigenvalue weighted by Gasteiger charge is 2.33. The lowest BCUT2D eigenvalue weighted by molar-refractivity contribution is -0.139. The summed E-state index contributed by atoms with van der Waals surface area (Å²) in [4.78, 5) is 22.2. The zero-order valence-electron chi connectivity index (χ0n) is 7.76. The first-order chi connectivity index (χ1) is 5.52. The van der Waals surface area contributed by atoms with Crippen LogP contribution in [0, 0.1) is 17.8 Å². The molecule has 0 spiro atoms. The third-order valence-electron chi connectivity index (χ3n) is 2.60. The minimum atomic E-state index is -0.128. The molecule has 0 aromatic carbocycles. The van der Waals surface area contributed by atoms with Gasteiger partial charge in [-0.05, 0) is 11.8 Å². The molecule has 68 valence electrons. The van der Waals surface area contributed by atoms with Crippen LogP contribution in [-0.4, -0.2) is 11.8 Å². The minimum absolute atomic E-state index is 0.0253. The molecule has 0 radical (unpaired) electrons. The summed E-state index contributed by atoms with van der Waals surface area (Å²) in [5.41, 5.74) is 0. The molecule has 12 heavy (non-hydrogen) atoms. The van der Waals surface area contributed by atoms with Gasteiger partial charge in [-0.25, -0.2) is 0 Å². The topological polar surface area (TPSA) is 46.2 Å². The van der Waals surface area contributed by atoms with Crippen molar-refractivity contribution in [2.75, 3.05) is 0 Å². The van der Waals surface area contributed by atoms with Gasteiger partial charge < -0.3 is 0 Å². The average molecular weight is 169 g/mol. The maximum Gasteiger partial charge on any atom is 0.229 e. The Balaban J connectivity index is 2.73. The van der Waals surface area contributed by atoms with Gasteiger partial charge in [-0.15, -0.1) is 0 Å². The Morgan fingerprint density at radius 2 is 2.00 bits per heavy atom. The fraction of sp³-hybridized carbons (Fsp3) is 0.778. The molecule has 0 aromatic heterocycles. The lowest BCUT2D eigenvalue weighted by Crippen LogP contribution is -2.46. The van der Waals surface area contributed by atoms with Gasteiger partial charge in [-0.2, -0.15) is 0 Å². The standard InChI is InChI=1S/C9H15NO2/c1-5(2)7-4-8(11)10-9(12)6(7)3/h5-7H,4H2,1-3H3,(H,10,11,12). The Kier molecular flexibility index (Phi) is 2.50. The molecule has 3 heteroatoms. The number of hydrogen-bond donors (Lipinski definition) is 1. The van der Waals surface area contributed by atoms with Crippen LogP contribution in [0.15, 0.2) is 0 Å². The predicted molar refractivity (Wildman–Crippen MR) is 45.3 cm³/mol. The van der Waals surface area contributed by atoms with Gasteiger partial charge >= 0.3 is 0 Å². The van der Waals surface area contributed by atoms with Crippen molar-refractivity contribution in [3.05, 3.63) is 0 Å². The normalized spacial score (nSPS) is 30.7. The van der Waals surface area contributed by atoms with E-state index in [-0.39, 0.29) is 23.7 Å². The molecule has 2 unspecified atom stereocenters. The summed E-state index contributed by atoms with van der Waals surface area (Å²) < 4.78 is 0. The van der Waals surface area contributed by atoms with Crippen LogP contribution in [0.3, 0.4) is 0 Å². The molecular weight excluding hydrogens is 154 g/mol. The summed E-state index contributed by atoms with van der Waals surface area (Å²) in [5.74, 6) is 0.339. The lowest BCUT2D eigenvalue weighted by Gasteiger charge is -2.30. The quantitative estimate of drug-likeness (QED) is 0.594. The second kappa shape index (κ2) is 3.25. The predicted octanol–water partition coefficient (Wildman–Crippen LogP) is 0.941. The van der Waals surface area contributed by atoms with Crippen molar-refractivity contribution in [1.82, 2.24) is 5.32 Å². The fourth-order valence-electron chi connectivity index (χ4n) is 1.70. The molecule has 1 aliphatic heterocycles. The van der Waals surface area contributed by atoms with Crippen LogP contribution < -0.4 is 5.32 Å². The molecule has 2 amide bonds. The number of carbonyl (C=O) groups excluding carboxylic acids is 2. The van der Waals surface area contributed by atoms with Gasteiger partial charge in [0, 0.05) is 12.3 Å². The van der Waals surface area contributed by atoms with Gasteiger partial charge in [0.1, 0.15) is 0 Å². The monoisotopic (exact) mass is 169 g/mol. The smallest absolute Gasteiger partial charge is 0.229 e. The van der Waals surface area contributed by atoms with E-state index in [1.165, 1.54) is 0 Å². The van der Waals surface area contributed by atoms with Gasteiger partial charge in [0.15, 0.2) is 0 Å². The number of carbonyl (C=O) groups is 2. The van der Waals surface area contributed by atoms with Gasteiger partial charge in [0.05, 0.1) is 0 Å². The largest absolute Gasteiger partial charge is 0.296 e. The minimum Gasteiger partial charge on any atom is -0.296 e. The van der Waals surface area contributed by atoms with Crippen LogP contribution in [-0.2, 0) is 9.59 Å². The third-order valence-corrected chi connectivity index (χ3v) is 2.60. The maximum absolute atomic E-state index is 11.2. The summed E-state index contributed by atoms with van der Waals surface area (Å²) >= 11 is 0. The SMILES string of the molecule is CC(C)C1CC(=O)NC(=O)C1C. The Hall–Kier alpha value is -0.860. The molecule has 0 aromatic rings. The van der Waals surface area contributed by atoms with Crippen molar-refractivity contribution < 1.29 is 9.59 Å². The Labute approximate surface area is 72.5 Å². The highest BCUT2D eigenvalue weighted by molar-refractivity contribution is 5.98. The van der Waals surface area contributed by atoms with Gasteiger partial charge in [0.2, 0.25) is 11.8 Å². The van der Waals surface area contributed by atoms with Crippen molar-refractivity contribution in [3.8, 4) is 0 Å². The average Bonchev–Trinajstić information content (AvgIpc) is 1.96. The van der Waals surface area contributed by atoms with E-state index >= 15 is 0 Å². The maximum atomic E-state index is 11.2. The zero-order valence-corrected chi connectivity index (χ0v) is 7.76. The first-order valence-electron chi connectivity index (χ1n) is 4.36. The van der Waals surface area contributed by atoms with Crippen LogP contribution in [0.2, 0.25) is 0 Å². The van der Waals surface area contributed by atoms with Crippen molar-refractivity contribution in [2.45, 2.75) is 27.2 Å². The summed E-state index contributed by atoms with van der Waals surface area (Å²) in [6.07, 6.45) is 0.491. The van der Waals surface area contributed by atoms with E-state index in [4.69, 9.17) is 0 Å². The van der Waals surface area contributed by atoms with E-state index in [1.54, 1.807) is 0 Å². The van der Waals surface area contributed by atoms with Crippen LogP contribution in [0.1, 0.15) is 27.2 Å². The fourth-order valence-corrected chi connectivity index (χ4v) is 1.70. The molecular formula is C9H15NO2. The van der Waals surface area contributed by atoms with Crippen molar-refractivity contribution in [3.63, 3.8) is 0 Å². The van der Waals surface area contributed by atoms with E-state index in [9.17, 15) is 9.59 Å². The molecule has 1 saturated heterocycles. The van der Waals surface area contributed by atoms with E-state index < -0.39 is 0 Å². The van der Waals surface area contributed by atoms with E-state index in [2.05, 4.69) is 5.32 Å². The highest BCUT2D eigenvalue weighted by atomic mass is 16.2. The lowest BCUT2D eigenvalue weighted by atomic mass is 9.79. The number of hydrogen-bond acceptors (Lipinski definition) is 2.